The lowest BCUT2D eigenvalue weighted by Crippen LogP contribution is -2.28. The Hall–Kier alpha value is -7.13. The molecule has 70 heavy (non-hydrogen) atoms. The molecule has 0 aliphatic rings. The highest BCUT2D eigenvalue weighted by atomic mass is 35.5. The third-order valence-electron chi connectivity index (χ3n) is 11.8. The normalized spacial score (nSPS) is 12.5. The van der Waals surface area contributed by atoms with Gasteiger partial charge in [-0.3, -0.25) is 18.7 Å². The lowest BCUT2D eigenvalue weighted by atomic mass is 9.89. The average Bonchev–Trinajstić information content (AvgIpc) is 3.32. The van der Waals surface area contributed by atoms with Crippen LogP contribution in [0, 0.1) is 40.4 Å². The number of ether oxygens (including phenoxy) is 2. The van der Waals surface area contributed by atoms with E-state index in [0.717, 1.165) is 16.7 Å². The average molecular weight is 982 g/mol. The molecule has 8 rings (SSSR count). The fourth-order valence-corrected chi connectivity index (χ4v) is 8.46. The molecule has 0 amide bonds. The first kappa shape index (κ1) is 49.3. The second-order valence-corrected chi connectivity index (χ2v) is 19.3. The largest absolute Gasteiger partial charge is 0.472 e. The number of halogens is 3. The Morgan fingerprint density at radius 2 is 1.20 bits per heavy atom. The van der Waals surface area contributed by atoms with Crippen LogP contribution >= 0.6 is 23.2 Å². The third kappa shape index (κ3) is 10.4. The fraction of sp³-hybridized carbons (Fsp3) is 0.259. The van der Waals surface area contributed by atoms with Crippen LogP contribution in [-0.4, -0.2) is 44.1 Å². The molecule has 0 fully saturated rings. The molecule has 0 aliphatic heterocycles. The van der Waals surface area contributed by atoms with E-state index in [9.17, 15) is 19.1 Å². The molecule has 1 atom stereocenters. The van der Waals surface area contributed by atoms with Crippen LogP contribution in [0.3, 0.4) is 0 Å². The van der Waals surface area contributed by atoms with E-state index >= 15 is 0 Å². The summed E-state index contributed by atoms with van der Waals surface area (Å²) in [5.41, 5.74) is 5.10. The molecule has 0 aliphatic carbocycles. The lowest BCUT2D eigenvalue weighted by Gasteiger charge is -2.25. The van der Waals surface area contributed by atoms with Crippen molar-refractivity contribution >= 4 is 23.2 Å². The first-order valence-electron chi connectivity index (χ1n) is 22.5. The van der Waals surface area contributed by atoms with Crippen LogP contribution in [0.2, 0.25) is 10.0 Å². The maximum atomic E-state index is 14.2. The molecule has 4 heterocycles. The quantitative estimate of drug-likeness (QED) is 0.117. The Morgan fingerprint density at radius 1 is 0.629 bits per heavy atom. The van der Waals surface area contributed by atoms with Gasteiger partial charge in [0.05, 0.1) is 22.8 Å². The highest BCUT2D eigenvalue weighted by Crippen LogP contribution is 2.35. The Morgan fingerprint density at radius 3 is 1.81 bits per heavy atom. The molecule has 4 aromatic carbocycles. The number of rotatable bonds is 13. The maximum Gasteiger partial charge on any atom is 0.280 e. The summed E-state index contributed by atoms with van der Waals surface area (Å²) in [6.45, 7) is 17.0. The summed E-state index contributed by atoms with van der Waals surface area (Å²) in [5, 5.41) is 12.1. The zero-order valence-corrected chi connectivity index (χ0v) is 41.7. The van der Waals surface area contributed by atoms with Crippen LogP contribution in [0.4, 0.5) is 4.39 Å². The number of nitrogens with zero attached hydrogens (tertiary/aromatic N) is 8. The van der Waals surface area contributed by atoms with Gasteiger partial charge in [-0.25, -0.2) is 24.3 Å². The van der Waals surface area contributed by atoms with E-state index in [1.807, 2.05) is 90.1 Å². The van der Waals surface area contributed by atoms with Gasteiger partial charge in [0.2, 0.25) is 11.8 Å². The predicted molar refractivity (Wildman–Crippen MR) is 269 cm³/mol. The van der Waals surface area contributed by atoms with Crippen molar-refractivity contribution in [3.8, 4) is 45.6 Å². The molecule has 16 heteroatoms. The maximum absolute atomic E-state index is 14.2. The van der Waals surface area contributed by atoms with E-state index < -0.39 is 22.1 Å². The molecule has 13 nitrogen and oxygen atoms in total. The minimum atomic E-state index is -1.64. The minimum absolute atomic E-state index is 0.0316. The van der Waals surface area contributed by atoms with Crippen molar-refractivity contribution in [3.05, 3.63) is 197 Å². The number of benzene rings is 4. The molecule has 1 unspecified atom stereocenters. The molecule has 8 aromatic rings. The Kier molecular flexibility index (Phi) is 13.9. The van der Waals surface area contributed by atoms with Crippen LogP contribution in [0.5, 0.6) is 11.8 Å². The van der Waals surface area contributed by atoms with Gasteiger partial charge in [0.15, 0.2) is 15.9 Å². The molecule has 0 bridgehead atoms. The molecule has 0 radical (unpaired) electrons. The summed E-state index contributed by atoms with van der Waals surface area (Å²) < 4.78 is 28.1. The third-order valence-corrected chi connectivity index (χ3v) is 12.4. The van der Waals surface area contributed by atoms with Crippen molar-refractivity contribution in [1.82, 2.24) is 39.0 Å². The van der Waals surface area contributed by atoms with Crippen molar-refractivity contribution < 1.29 is 19.0 Å². The zero-order chi connectivity index (χ0) is 50.2. The standard InChI is InChI=1S/C54H51Cl2FN8O5/c1-30-11-10-12-36(23-30)29-70-48-46(56)50(67)65(34(5)61-48)44-26-40(42-20-22-58-51(63-42)53(6,7)8)38(24-32(44)3)27-54(9,68)52-59-21-19-41(62-52)37-16-13-31(2)43(25-37)64-33(4)60-47(45(55)49(64)66)69-28-35-14-17-39(57)18-15-35/h10-26,68H,27-29H2,1-9H3. The van der Waals surface area contributed by atoms with Gasteiger partial charge < -0.3 is 14.6 Å². The number of aryl methyl sites for hydroxylation is 5. The predicted octanol–water partition coefficient (Wildman–Crippen LogP) is 10.6. The van der Waals surface area contributed by atoms with Gasteiger partial charge in [-0.05, 0) is 106 Å². The van der Waals surface area contributed by atoms with Gasteiger partial charge in [0, 0.05) is 35.4 Å². The van der Waals surface area contributed by atoms with Gasteiger partial charge >= 0.3 is 0 Å². The van der Waals surface area contributed by atoms with Crippen molar-refractivity contribution in [3.63, 3.8) is 0 Å². The minimum Gasteiger partial charge on any atom is -0.472 e. The van der Waals surface area contributed by atoms with Crippen molar-refractivity contribution in [2.45, 2.75) is 93.0 Å². The summed E-state index contributed by atoms with van der Waals surface area (Å²) in [5.74, 6) is 1.05. The van der Waals surface area contributed by atoms with Crippen LogP contribution in [0.1, 0.15) is 84.4 Å². The summed E-state index contributed by atoms with van der Waals surface area (Å²) in [6, 6.07) is 26.4. The van der Waals surface area contributed by atoms with Crippen LogP contribution < -0.4 is 20.6 Å². The monoisotopic (exact) mass is 980 g/mol. The number of aromatic nitrogens is 8. The summed E-state index contributed by atoms with van der Waals surface area (Å²) in [6.07, 6.45) is 3.30. The van der Waals surface area contributed by atoms with Crippen LogP contribution in [0.15, 0.2) is 113 Å². The smallest absolute Gasteiger partial charge is 0.280 e. The summed E-state index contributed by atoms with van der Waals surface area (Å²) >= 11 is 13.3. The Labute approximate surface area is 414 Å². The van der Waals surface area contributed by atoms with E-state index in [1.165, 1.54) is 21.3 Å². The fourth-order valence-electron chi connectivity index (χ4n) is 8.10. The first-order chi connectivity index (χ1) is 33.2. The van der Waals surface area contributed by atoms with Crippen molar-refractivity contribution in [1.29, 1.82) is 0 Å². The first-order valence-corrected chi connectivity index (χ1v) is 23.2. The Balaban J connectivity index is 1.14. The molecule has 0 saturated carbocycles. The van der Waals surface area contributed by atoms with E-state index in [0.29, 0.717) is 68.1 Å². The molecular weight excluding hydrogens is 931 g/mol. The van der Waals surface area contributed by atoms with Crippen LogP contribution in [0.25, 0.3) is 33.9 Å². The van der Waals surface area contributed by atoms with Crippen molar-refractivity contribution in [2.75, 3.05) is 0 Å². The zero-order valence-electron chi connectivity index (χ0n) is 40.2. The highest BCUT2D eigenvalue weighted by Gasteiger charge is 2.31. The number of hydrogen-bond donors (Lipinski definition) is 1. The SMILES string of the molecule is Cc1cccc(COc2nc(C)n(-c3cc(-c4ccnc(C(C)(C)C)n4)c(CC(C)(O)c4nccc(-c5ccc(C)c(-n6c(C)nc(OCc7ccc(F)cc7)c(Cl)c6=O)c5)n4)cc3C)c(=O)c2Cl)c1. The molecule has 0 saturated heterocycles. The second kappa shape index (κ2) is 19.7. The van der Waals surface area contributed by atoms with E-state index in [-0.39, 0.29) is 53.1 Å². The lowest BCUT2D eigenvalue weighted by molar-refractivity contribution is 0.0482. The highest BCUT2D eigenvalue weighted by molar-refractivity contribution is 6.32. The molecule has 0 spiro atoms. The van der Waals surface area contributed by atoms with Gasteiger partial charge in [0.25, 0.3) is 11.1 Å². The topological polar surface area (TPSA) is 160 Å². The number of aliphatic hydroxyl groups is 1. The Bertz CT molecular complexity index is 3420. The van der Waals surface area contributed by atoms with Crippen molar-refractivity contribution in [2.24, 2.45) is 0 Å². The van der Waals surface area contributed by atoms with Gasteiger partial charge in [-0.2, -0.15) is 9.97 Å². The number of hydrogen-bond acceptors (Lipinski definition) is 11. The van der Waals surface area contributed by atoms with E-state index in [2.05, 4.69) is 19.9 Å². The van der Waals surface area contributed by atoms with E-state index in [4.69, 9.17) is 42.6 Å². The van der Waals surface area contributed by atoms with Gasteiger partial charge in [0.1, 0.15) is 42.1 Å². The summed E-state index contributed by atoms with van der Waals surface area (Å²) in [7, 11) is 0. The molecule has 1 N–H and O–H groups in total. The van der Waals surface area contributed by atoms with Crippen LogP contribution in [-0.2, 0) is 30.7 Å². The van der Waals surface area contributed by atoms with E-state index in [1.54, 1.807) is 63.5 Å². The molecule has 358 valence electrons. The van der Waals surface area contributed by atoms with Gasteiger partial charge in [-0.15, -0.1) is 0 Å². The second-order valence-electron chi connectivity index (χ2n) is 18.6. The van der Waals surface area contributed by atoms with Gasteiger partial charge in [-0.1, -0.05) is 104 Å². The molecule has 4 aromatic heterocycles. The summed E-state index contributed by atoms with van der Waals surface area (Å²) in [4.78, 5) is 56.2. The molecular formula is C54H51Cl2FN8O5.